The first kappa shape index (κ1) is 20.9. The number of carbonyl (C=O) groups excluding carboxylic acids is 1. The first-order valence-electron chi connectivity index (χ1n) is 9.54. The second-order valence-electron chi connectivity index (χ2n) is 6.87. The molecule has 154 valence electrons. The van der Waals surface area contributed by atoms with Gasteiger partial charge in [-0.3, -0.25) is 4.79 Å². The summed E-state index contributed by atoms with van der Waals surface area (Å²) in [6.45, 7) is 3.49. The van der Waals surface area contributed by atoms with Crippen LogP contribution in [0.4, 0.5) is 0 Å². The fraction of sp³-hybridized carbons (Fsp3) is 0.318. The summed E-state index contributed by atoms with van der Waals surface area (Å²) < 4.78 is 33.1. The van der Waals surface area contributed by atoms with E-state index in [1.165, 1.54) is 12.1 Å². The Labute approximate surface area is 170 Å². The topological polar surface area (TPSA) is 85.6 Å². The van der Waals surface area contributed by atoms with Gasteiger partial charge in [0.15, 0.2) is 9.84 Å². The Morgan fingerprint density at radius 3 is 2.45 bits per heavy atom. The minimum atomic E-state index is -3.68. The number of aromatic hydroxyl groups is 1. The predicted octanol–water partition coefficient (Wildman–Crippen LogP) is 3.57. The minimum absolute atomic E-state index is 0.0297. The maximum Gasteiger partial charge on any atom is 0.315 e. The number of sulfone groups is 1. The lowest BCUT2D eigenvalue weighted by molar-refractivity contribution is -0.145. The van der Waals surface area contributed by atoms with E-state index in [-0.39, 0.29) is 23.0 Å². The Hall–Kier alpha value is -2.80. The predicted molar refractivity (Wildman–Crippen MR) is 112 cm³/mol. The molecule has 1 atom stereocenters. The second-order valence-corrected chi connectivity index (χ2v) is 9.09. The van der Waals surface area contributed by atoms with Crippen LogP contribution in [-0.2, 0) is 32.8 Å². The fourth-order valence-corrected chi connectivity index (χ4v) is 5.05. The summed E-state index contributed by atoms with van der Waals surface area (Å²) in [5.74, 6) is -1.42. The van der Waals surface area contributed by atoms with E-state index in [1.807, 2.05) is 30.3 Å². The Kier molecular flexibility index (Phi) is 5.98. The van der Waals surface area contributed by atoms with Crippen molar-refractivity contribution in [3.8, 4) is 5.75 Å². The van der Waals surface area contributed by atoms with Crippen molar-refractivity contribution in [1.29, 1.82) is 0 Å². The highest BCUT2D eigenvalue weighted by Crippen LogP contribution is 2.38. The fourth-order valence-electron chi connectivity index (χ4n) is 3.67. The molecule has 2 aromatic carbocycles. The summed E-state index contributed by atoms with van der Waals surface area (Å²) in [4.78, 5) is 13.0. The Morgan fingerprint density at radius 1 is 1.14 bits per heavy atom. The van der Waals surface area contributed by atoms with Gasteiger partial charge in [-0.2, -0.15) is 0 Å². The molecule has 6 nitrogen and oxygen atoms in total. The van der Waals surface area contributed by atoms with Crippen molar-refractivity contribution < 1.29 is 23.1 Å². The average molecular weight is 416 g/mol. The van der Waals surface area contributed by atoms with Gasteiger partial charge in [-0.1, -0.05) is 37.3 Å². The van der Waals surface area contributed by atoms with Crippen molar-refractivity contribution in [3.63, 3.8) is 0 Å². The van der Waals surface area contributed by atoms with Crippen LogP contribution in [0.5, 0.6) is 5.75 Å². The van der Waals surface area contributed by atoms with E-state index in [0.29, 0.717) is 23.0 Å². The summed E-state index contributed by atoms with van der Waals surface area (Å²) in [6, 6.07) is 14.0. The van der Waals surface area contributed by atoms with E-state index in [2.05, 4.69) is 0 Å². The van der Waals surface area contributed by atoms with Crippen LogP contribution in [0.1, 0.15) is 31.0 Å². The molecule has 0 aliphatic rings. The van der Waals surface area contributed by atoms with Crippen LogP contribution >= 0.6 is 0 Å². The zero-order valence-electron chi connectivity index (χ0n) is 16.8. The number of ether oxygens (including phenoxy) is 1. The van der Waals surface area contributed by atoms with Crippen LogP contribution in [-0.4, -0.2) is 36.4 Å². The zero-order valence-corrected chi connectivity index (χ0v) is 17.6. The second kappa shape index (κ2) is 8.29. The van der Waals surface area contributed by atoms with Crippen molar-refractivity contribution in [1.82, 2.24) is 4.57 Å². The molecule has 0 saturated heterocycles. The molecular formula is C22H25NO5S. The molecule has 29 heavy (non-hydrogen) atoms. The van der Waals surface area contributed by atoms with Crippen LogP contribution in [0.2, 0.25) is 0 Å². The van der Waals surface area contributed by atoms with Crippen molar-refractivity contribution in [2.45, 2.75) is 31.1 Å². The van der Waals surface area contributed by atoms with Crippen molar-refractivity contribution in [3.05, 3.63) is 59.8 Å². The molecule has 0 fully saturated rings. The Morgan fingerprint density at radius 2 is 1.83 bits per heavy atom. The number of phenolic OH excluding ortho intramolecular Hbond substituents is 1. The monoisotopic (exact) mass is 415 g/mol. The molecule has 1 unspecified atom stereocenters. The number of aromatic nitrogens is 1. The number of hydrogen-bond donors (Lipinski definition) is 1. The first-order chi connectivity index (χ1) is 13.8. The van der Waals surface area contributed by atoms with Crippen molar-refractivity contribution >= 4 is 26.7 Å². The van der Waals surface area contributed by atoms with Crippen LogP contribution in [0, 0.1) is 0 Å². The van der Waals surface area contributed by atoms with Crippen LogP contribution in [0.25, 0.3) is 10.9 Å². The lowest BCUT2D eigenvalue weighted by Gasteiger charge is -2.19. The summed E-state index contributed by atoms with van der Waals surface area (Å²) in [7, 11) is -1.94. The maximum atomic E-state index is 13.1. The average Bonchev–Trinajstić information content (AvgIpc) is 2.99. The number of aryl methyl sites for hydroxylation is 1. The summed E-state index contributed by atoms with van der Waals surface area (Å²) in [5, 5.41) is 10.4. The van der Waals surface area contributed by atoms with E-state index >= 15 is 0 Å². The van der Waals surface area contributed by atoms with E-state index < -0.39 is 21.7 Å². The van der Waals surface area contributed by atoms with Gasteiger partial charge < -0.3 is 14.4 Å². The molecule has 7 heteroatoms. The van der Waals surface area contributed by atoms with Gasteiger partial charge in [0.05, 0.1) is 22.9 Å². The molecule has 0 aliphatic carbocycles. The molecular weight excluding hydrogens is 390 g/mol. The highest BCUT2D eigenvalue weighted by Gasteiger charge is 2.34. The van der Waals surface area contributed by atoms with Crippen LogP contribution in [0.15, 0.2) is 53.4 Å². The van der Waals surface area contributed by atoms with E-state index in [9.17, 15) is 18.3 Å². The molecule has 0 spiro atoms. The van der Waals surface area contributed by atoms with Gasteiger partial charge in [0.1, 0.15) is 11.7 Å². The summed E-state index contributed by atoms with van der Waals surface area (Å²) in [5.41, 5.74) is 1.92. The number of benzene rings is 2. The molecule has 0 bridgehead atoms. The number of esters is 1. The number of phenols is 1. The summed E-state index contributed by atoms with van der Waals surface area (Å²) in [6.07, 6.45) is 0.308. The SMILES string of the molecule is CCOC(=O)C(Cc1ccccc1)c1c(S(=O)(=O)CC)c2cc(O)ccc2n1C. The van der Waals surface area contributed by atoms with Gasteiger partial charge in [-0.25, -0.2) is 8.42 Å². The molecule has 1 aromatic heterocycles. The number of hydrogen-bond acceptors (Lipinski definition) is 5. The third kappa shape index (κ3) is 4.00. The van der Waals surface area contributed by atoms with Gasteiger partial charge in [-0.15, -0.1) is 0 Å². The quantitative estimate of drug-likeness (QED) is 0.596. The molecule has 0 radical (unpaired) electrons. The number of carbonyl (C=O) groups is 1. The molecule has 1 heterocycles. The van der Waals surface area contributed by atoms with Gasteiger partial charge in [0.25, 0.3) is 0 Å². The smallest absolute Gasteiger partial charge is 0.315 e. The lowest BCUT2D eigenvalue weighted by Crippen LogP contribution is -2.23. The number of rotatable bonds is 7. The van der Waals surface area contributed by atoms with E-state index in [1.54, 1.807) is 31.5 Å². The zero-order chi connectivity index (χ0) is 21.2. The van der Waals surface area contributed by atoms with Gasteiger partial charge in [0.2, 0.25) is 0 Å². The van der Waals surface area contributed by atoms with E-state index in [4.69, 9.17) is 4.74 Å². The van der Waals surface area contributed by atoms with Gasteiger partial charge in [-0.05, 0) is 37.1 Å². The molecule has 3 aromatic rings. The van der Waals surface area contributed by atoms with E-state index in [0.717, 1.165) is 5.56 Å². The Bertz CT molecular complexity index is 1130. The van der Waals surface area contributed by atoms with Crippen LogP contribution < -0.4 is 0 Å². The third-order valence-corrected chi connectivity index (χ3v) is 6.87. The molecule has 1 N–H and O–H groups in total. The maximum absolute atomic E-state index is 13.1. The van der Waals surface area contributed by atoms with Crippen molar-refractivity contribution in [2.24, 2.45) is 7.05 Å². The minimum Gasteiger partial charge on any atom is -0.508 e. The molecule has 0 aliphatic heterocycles. The highest BCUT2D eigenvalue weighted by molar-refractivity contribution is 7.91. The van der Waals surface area contributed by atoms with Crippen LogP contribution in [0.3, 0.4) is 0 Å². The van der Waals surface area contributed by atoms with Crippen molar-refractivity contribution in [2.75, 3.05) is 12.4 Å². The third-order valence-electron chi connectivity index (χ3n) is 5.05. The molecule has 3 rings (SSSR count). The Balaban J connectivity index is 2.32. The first-order valence-corrected chi connectivity index (χ1v) is 11.2. The van der Waals surface area contributed by atoms with Gasteiger partial charge >= 0.3 is 5.97 Å². The highest BCUT2D eigenvalue weighted by atomic mass is 32.2. The molecule has 0 saturated carbocycles. The standard InChI is InChI=1S/C22H25NO5S/c1-4-28-22(25)18(13-15-9-7-6-8-10-15)20-21(29(26,27)5-2)17-14-16(24)11-12-19(17)23(20)3/h6-12,14,18,24H,4-5,13H2,1-3H3. The lowest BCUT2D eigenvalue weighted by atomic mass is 9.96. The number of nitrogens with zero attached hydrogens (tertiary/aromatic N) is 1. The van der Waals surface area contributed by atoms with Gasteiger partial charge in [0, 0.05) is 18.0 Å². The number of fused-ring (bicyclic) bond motifs is 1. The largest absolute Gasteiger partial charge is 0.508 e. The molecule has 0 amide bonds. The summed E-state index contributed by atoms with van der Waals surface area (Å²) >= 11 is 0. The normalized spacial score (nSPS) is 12.8.